The fourth-order valence-electron chi connectivity index (χ4n) is 3.71. The molecule has 0 saturated carbocycles. The molecule has 0 aliphatic carbocycles. The van der Waals surface area contributed by atoms with E-state index in [1.807, 2.05) is 78.9 Å². The van der Waals surface area contributed by atoms with E-state index in [0.717, 1.165) is 41.9 Å². The van der Waals surface area contributed by atoms with Gasteiger partial charge in [-0.2, -0.15) is 0 Å². The van der Waals surface area contributed by atoms with Gasteiger partial charge in [-0.05, 0) is 23.3 Å². The van der Waals surface area contributed by atoms with Gasteiger partial charge >= 0.3 is 0 Å². The fourth-order valence-corrected chi connectivity index (χ4v) is 3.71. The number of hydrogen-bond acceptors (Lipinski definition) is 1. The third-order valence-electron chi connectivity index (χ3n) is 5.04. The Labute approximate surface area is 166 Å². The van der Waals surface area contributed by atoms with E-state index in [9.17, 15) is 4.79 Å². The molecule has 3 aromatic rings. The lowest BCUT2D eigenvalue weighted by molar-refractivity contribution is -0.904. The minimum atomic E-state index is 0.171. The number of benzene rings is 3. The SMILES string of the molecule is O=C1/C(=C\c2ccccc2)C[NH+](Cc2ccccc2)C/C1=C\c1ccccc1. The van der Waals surface area contributed by atoms with Crippen molar-refractivity contribution in [1.29, 1.82) is 0 Å². The standard InChI is InChI=1S/C26H23NO/c28-26-24(16-21-10-4-1-5-11-21)19-27(18-23-14-8-3-9-15-23)20-25(26)17-22-12-6-2-7-13-22/h1-17H,18-20H2/p+1/b24-16-,25-17+. The Hall–Kier alpha value is -3.23. The average molecular weight is 366 g/mol. The molecule has 3 aromatic carbocycles. The van der Waals surface area contributed by atoms with Crippen molar-refractivity contribution in [3.63, 3.8) is 0 Å². The molecule has 0 amide bonds. The summed E-state index contributed by atoms with van der Waals surface area (Å²) in [5.41, 5.74) is 5.21. The second-order valence-corrected chi connectivity index (χ2v) is 7.26. The molecule has 0 spiro atoms. The summed E-state index contributed by atoms with van der Waals surface area (Å²) in [6, 6.07) is 30.7. The topological polar surface area (TPSA) is 21.5 Å². The Bertz CT molecular complexity index is 927. The first-order valence-electron chi connectivity index (χ1n) is 9.71. The van der Waals surface area contributed by atoms with E-state index in [1.165, 1.54) is 10.5 Å². The van der Waals surface area contributed by atoms with Crippen molar-refractivity contribution in [3.8, 4) is 0 Å². The monoisotopic (exact) mass is 366 g/mol. The molecule has 28 heavy (non-hydrogen) atoms. The number of quaternary nitrogens is 1. The highest BCUT2D eigenvalue weighted by Gasteiger charge is 2.29. The zero-order chi connectivity index (χ0) is 19.2. The van der Waals surface area contributed by atoms with Gasteiger partial charge in [0.05, 0.1) is 11.1 Å². The molecular formula is C26H24NO+. The van der Waals surface area contributed by atoms with Crippen molar-refractivity contribution in [2.75, 3.05) is 13.1 Å². The van der Waals surface area contributed by atoms with E-state index in [0.29, 0.717) is 0 Å². The van der Waals surface area contributed by atoms with Crippen LogP contribution in [0.3, 0.4) is 0 Å². The molecule has 1 heterocycles. The Kier molecular flexibility index (Phi) is 5.60. The number of likely N-dealkylation sites (tertiary alicyclic amines) is 1. The molecule has 138 valence electrons. The van der Waals surface area contributed by atoms with Gasteiger partial charge in [-0.3, -0.25) is 4.79 Å². The van der Waals surface area contributed by atoms with E-state index in [-0.39, 0.29) is 5.78 Å². The molecule has 1 saturated heterocycles. The summed E-state index contributed by atoms with van der Waals surface area (Å²) in [7, 11) is 0. The molecule has 1 fully saturated rings. The molecule has 1 aliphatic heterocycles. The van der Waals surface area contributed by atoms with Crippen molar-refractivity contribution in [2.45, 2.75) is 6.54 Å². The van der Waals surface area contributed by atoms with Crippen LogP contribution >= 0.6 is 0 Å². The van der Waals surface area contributed by atoms with Crippen molar-refractivity contribution in [3.05, 3.63) is 119 Å². The summed E-state index contributed by atoms with van der Waals surface area (Å²) in [6.45, 7) is 2.40. The van der Waals surface area contributed by atoms with E-state index in [4.69, 9.17) is 0 Å². The number of piperidine rings is 1. The van der Waals surface area contributed by atoms with E-state index in [2.05, 4.69) is 24.3 Å². The van der Waals surface area contributed by atoms with Crippen LogP contribution in [0, 0.1) is 0 Å². The number of carbonyl (C=O) groups is 1. The molecule has 1 N–H and O–H groups in total. The normalized spacial score (nSPS) is 19.9. The van der Waals surface area contributed by atoms with Crippen LogP contribution in [0.1, 0.15) is 16.7 Å². The van der Waals surface area contributed by atoms with E-state index < -0.39 is 0 Å². The van der Waals surface area contributed by atoms with Crippen molar-refractivity contribution in [2.24, 2.45) is 0 Å². The maximum Gasteiger partial charge on any atom is 0.196 e. The Morgan fingerprint density at radius 2 is 1.07 bits per heavy atom. The zero-order valence-corrected chi connectivity index (χ0v) is 15.8. The van der Waals surface area contributed by atoms with Crippen molar-refractivity contribution >= 4 is 17.9 Å². The number of ketones is 1. The summed E-state index contributed by atoms with van der Waals surface area (Å²) in [5.74, 6) is 0.171. The second kappa shape index (κ2) is 8.64. The van der Waals surface area contributed by atoms with Gasteiger partial charge in [0.1, 0.15) is 19.6 Å². The number of carbonyl (C=O) groups excluding carboxylic acids is 1. The van der Waals surface area contributed by atoms with Crippen LogP contribution in [0.2, 0.25) is 0 Å². The molecule has 0 aromatic heterocycles. The molecule has 2 nitrogen and oxygen atoms in total. The lowest BCUT2D eigenvalue weighted by Crippen LogP contribution is -3.12. The van der Waals surface area contributed by atoms with Crippen LogP contribution in [0.15, 0.2) is 102 Å². The lowest BCUT2D eigenvalue weighted by atomic mass is 9.94. The molecule has 1 unspecified atom stereocenters. The van der Waals surface area contributed by atoms with Crippen LogP contribution in [0.25, 0.3) is 12.2 Å². The van der Waals surface area contributed by atoms with Crippen LogP contribution in [0.5, 0.6) is 0 Å². The first-order chi connectivity index (χ1) is 13.8. The van der Waals surface area contributed by atoms with Gasteiger partial charge in [0.25, 0.3) is 0 Å². The quantitative estimate of drug-likeness (QED) is 0.697. The number of Topliss-reactive ketones (excluding diaryl/α,β-unsaturated/α-hetero) is 1. The highest BCUT2D eigenvalue weighted by Crippen LogP contribution is 2.16. The predicted molar refractivity (Wildman–Crippen MR) is 115 cm³/mol. The molecule has 1 aliphatic rings. The van der Waals surface area contributed by atoms with Gasteiger partial charge < -0.3 is 4.90 Å². The van der Waals surface area contributed by atoms with Gasteiger partial charge in [0.2, 0.25) is 0 Å². The molecule has 0 radical (unpaired) electrons. The van der Waals surface area contributed by atoms with Crippen LogP contribution < -0.4 is 4.90 Å². The third kappa shape index (κ3) is 4.54. The van der Waals surface area contributed by atoms with Gasteiger partial charge in [-0.1, -0.05) is 91.0 Å². The summed E-state index contributed by atoms with van der Waals surface area (Å²) in [6.07, 6.45) is 4.09. The minimum absolute atomic E-state index is 0.171. The fraction of sp³-hybridized carbons (Fsp3) is 0.115. The number of nitrogens with one attached hydrogen (secondary N) is 1. The second-order valence-electron chi connectivity index (χ2n) is 7.26. The molecule has 2 heteroatoms. The van der Waals surface area contributed by atoms with Crippen molar-refractivity contribution < 1.29 is 9.69 Å². The Morgan fingerprint density at radius 3 is 1.54 bits per heavy atom. The molecule has 4 rings (SSSR count). The summed E-state index contributed by atoms with van der Waals surface area (Å²) >= 11 is 0. The van der Waals surface area contributed by atoms with Crippen LogP contribution in [-0.2, 0) is 11.3 Å². The number of hydrogen-bond donors (Lipinski definition) is 1. The summed E-state index contributed by atoms with van der Waals surface area (Å²) in [5, 5.41) is 0. The average Bonchev–Trinajstić information content (AvgIpc) is 2.74. The Morgan fingerprint density at radius 1 is 0.643 bits per heavy atom. The molecule has 0 bridgehead atoms. The van der Waals surface area contributed by atoms with Gasteiger partial charge in [-0.25, -0.2) is 0 Å². The number of rotatable bonds is 4. The van der Waals surface area contributed by atoms with Crippen molar-refractivity contribution in [1.82, 2.24) is 0 Å². The smallest absolute Gasteiger partial charge is 0.196 e. The van der Waals surface area contributed by atoms with Gasteiger partial charge in [0.15, 0.2) is 5.78 Å². The summed E-state index contributed by atoms with van der Waals surface area (Å²) in [4.78, 5) is 14.6. The summed E-state index contributed by atoms with van der Waals surface area (Å²) < 4.78 is 0. The maximum atomic E-state index is 13.2. The maximum absolute atomic E-state index is 13.2. The largest absolute Gasteiger partial charge is 0.323 e. The highest BCUT2D eigenvalue weighted by atomic mass is 16.1. The first-order valence-corrected chi connectivity index (χ1v) is 9.71. The minimum Gasteiger partial charge on any atom is -0.323 e. The van der Waals surface area contributed by atoms with E-state index in [1.54, 1.807) is 0 Å². The van der Waals surface area contributed by atoms with Gasteiger partial charge in [-0.15, -0.1) is 0 Å². The van der Waals surface area contributed by atoms with E-state index >= 15 is 0 Å². The van der Waals surface area contributed by atoms with Crippen LogP contribution in [-0.4, -0.2) is 18.9 Å². The molecular weight excluding hydrogens is 342 g/mol. The zero-order valence-electron chi connectivity index (χ0n) is 15.8. The first kappa shape index (κ1) is 18.1. The van der Waals surface area contributed by atoms with Gasteiger partial charge in [0, 0.05) is 5.56 Å². The third-order valence-corrected chi connectivity index (χ3v) is 5.04. The predicted octanol–water partition coefficient (Wildman–Crippen LogP) is 3.82. The molecule has 1 atom stereocenters. The lowest BCUT2D eigenvalue weighted by Gasteiger charge is -2.27. The Balaban J connectivity index is 1.66. The highest BCUT2D eigenvalue weighted by molar-refractivity contribution is 6.14. The van der Waals surface area contributed by atoms with Crippen LogP contribution in [0.4, 0.5) is 0 Å².